The number of hydrogen-bond donors (Lipinski definition) is 0. The zero-order valence-corrected chi connectivity index (χ0v) is 10.3. The van der Waals surface area contributed by atoms with Crippen molar-refractivity contribution in [1.29, 1.82) is 0 Å². The summed E-state index contributed by atoms with van der Waals surface area (Å²) in [6.45, 7) is 0. The van der Waals surface area contributed by atoms with Crippen LogP contribution in [-0.4, -0.2) is 52.9 Å². The van der Waals surface area contributed by atoms with Gasteiger partial charge in [0.05, 0.1) is 0 Å². The van der Waals surface area contributed by atoms with E-state index in [1.165, 1.54) is 0 Å². The smallest absolute Gasteiger partial charge is 0.257 e. The zero-order valence-electron chi connectivity index (χ0n) is 10.3. The third-order valence-corrected chi connectivity index (χ3v) is 3.41. The van der Waals surface area contributed by atoms with Crippen LogP contribution in [0.5, 0.6) is 0 Å². The molecule has 1 aliphatic carbocycles. The van der Waals surface area contributed by atoms with Crippen LogP contribution in [-0.2, 0) is 14.4 Å². The molecule has 3 nitrogen and oxygen atoms in total. The lowest BCUT2D eigenvalue weighted by Gasteiger charge is -2.53. The van der Waals surface area contributed by atoms with E-state index in [0.717, 1.165) is 0 Å². The van der Waals surface area contributed by atoms with Crippen molar-refractivity contribution in [3.63, 3.8) is 0 Å². The lowest BCUT2D eigenvalue weighted by Crippen LogP contribution is -2.89. The van der Waals surface area contributed by atoms with E-state index in [1.807, 2.05) is 0 Å². The van der Waals surface area contributed by atoms with Crippen molar-refractivity contribution >= 4 is 18.1 Å². The maximum absolute atomic E-state index is 13.6. The van der Waals surface area contributed by atoms with Gasteiger partial charge in [0.2, 0.25) is 0 Å². The van der Waals surface area contributed by atoms with Gasteiger partial charge in [-0.25, -0.2) is 13.2 Å². The highest BCUT2D eigenvalue weighted by molar-refractivity contribution is 5.95. The molecule has 138 valence electrons. The second-order valence-corrected chi connectivity index (χ2v) is 4.52. The maximum atomic E-state index is 13.6. The Hall–Kier alpha value is -1.83. The van der Waals surface area contributed by atoms with Gasteiger partial charge in [-0.3, -0.25) is 14.4 Å². The fraction of sp³-hybridized carbons (Fsp3) is 0.667. The molecule has 0 aliphatic heterocycles. The molecular weight excluding hydrogens is 384 g/mol. The molecule has 0 saturated heterocycles. The predicted octanol–water partition coefficient (Wildman–Crippen LogP) is 2.52. The Kier molecular flexibility index (Phi) is 3.89. The molecule has 0 unspecified atom stereocenters. The number of halogens is 12. The summed E-state index contributed by atoms with van der Waals surface area (Å²) < 4.78 is 158. The molecule has 0 heterocycles. The molecule has 0 amide bonds. The van der Waals surface area contributed by atoms with Crippen molar-refractivity contribution in [2.24, 2.45) is 0 Å². The van der Waals surface area contributed by atoms with Gasteiger partial charge in [0, 0.05) is 0 Å². The van der Waals surface area contributed by atoms with Crippen LogP contribution in [0, 0.1) is 0 Å². The van der Waals surface area contributed by atoms with Crippen LogP contribution in [0.1, 0.15) is 0 Å². The van der Waals surface area contributed by atoms with Crippen LogP contribution in [0.3, 0.4) is 0 Å². The normalized spacial score (nSPS) is 40.0. The summed E-state index contributed by atoms with van der Waals surface area (Å²) in [5.74, 6) is -22.8. The quantitative estimate of drug-likeness (QED) is 0.555. The van der Waals surface area contributed by atoms with Crippen LogP contribution in [0.4, 0.5) is 52.7 Å². The van der Waals surface area contributed by atoms with Gasteiger partial charge in [-0.2, -0.15) is 39.5 Å². The average Bonchev–Trinajstić information content (AvgIpc) is 2.41. The molecule has 0 radical (unpaired) electrons. The van der Waals surface area contributed by atoms with Crippen LogP contribution < -0.4 is 0 Å². The Morgan fingerprint density at radius 2 is 0.542 bits per heavy atom. The Labute approximate surface area is 121 Å². The van der Waals surface area contributed by atoms with Crippen molar-refractivity contribution in [3.05, 3.63) is 0 Å². The summed E-state index contributed by atoms with van der Waals surface area (Å²) >= 11 is 0. The summed E-state index contributed by atoms with van der Waals surface area (Å²) in [5.41, 5.74) is -22.1. The SMILES string of the molecule is O=C(F)C1(F)C(F)(F)C(F)(C(=O)F)C(F)(F)C(F)(C(=O)F)C1(F)F. The van der Waals surface area contributed by atoms with E-state index in [9.17, 15) is 67.1 Å². The molecule has 0 aromatic carbocycles. The molecule has 0 aromatic rings. The highest BCUT2D eigenvalue weighted by Crippen LogP contribution is 2.69. The average molecular weight is 384 g/mol. The first-order valence-electron chi connectivity index (χ1n) is 5.13. The molecule has 1 fully saturated rings. The van der Waals surface area contributed by atoms with Crippen molar-refractivity contribution < 1.29 is 67.1 Å². The van der Waals surface area contributed by atoms with Gasteiger partial charge in [-0.15, -0.1) is 0 Å². The number of alkyl halides is 9. The van der Waals surface area contributed by atoms with Crippen LogP contribution >= 0.6 is 0 Å². The number of hydrogen-bond acceptors (Lipinski definition) is 3. The molecule has 15 heteroatoms. The van der Waals surface area contributed by atoms with Gasteiger partial charge in [-0.1, -0.05) is 0 Å². The van der Waals surface area contributed by atoms with E-state index in [1.54, 1.807) is 0 Å². The lowest BCUT2D eigenvalue weighted by atomic mass is 9.62. The second-order valence-electron chi connectivity index (χ2n) is 4.52. The molecule has 0 atom stereocenters. The summed E-state index contributed by atoms with van der Waals surface area (Å²) in [5, 5.41) is 0. The first-order valence-corrected chi connectivity index (χ1v) is 5.13. The Balaban J connectivity index is 4.21. The topological polar surface area (TPSA) is 51.2 Å². The summed E-state index contributed by atoms with van der Waals surface area (Å²) in [7, 11) is 0. The minimum Gasteiger partial charge on any atom is -0.257 e. The second kappa shape index (κ2) is 4.62. The van der Waals surface area contributed by atoms with Gasteiger partial charge in [0.25, 0.3) is 0 Å². The molecule has 24 heavy (non-hydrogen) atoms. The summed E-state index contributed by atoms with van der Waals surface area (Å²) in [4.78, 5) is 30.4. The van der Waals surface area contributed by atoms with Gasteiger partial charge in [-0.05, 0) is 0 Å². The van der Waals surface area contributed by atoms with E-state index in [2.05, 4.69) is 0 Å². The largest absolute Gasteiger partial charge is 0.351 e. The summed E-state index contributed by atoms with van der Waals surface area (Å²) in [6, 6.07) is -14.3. The van der Waals surface area contributed by atoms with E-state index in [0.29, 0.717) is 0 Å². The van der Waals surface area contributed by atoms with Gasteiger partial charge >= 0.3 is 52.9 Å². The van der Waals surface area contributed by atoms with E-state index in [-0.39, 0.29) is 0 Å². The van der Waals surface area contributed by atoms with Gasteiger partial charge < -0.3 is 0 Å². The van der Waals surface area contributed by atoms with E-state index < -0.39 is 52.9 Å². The van der Waals surface area contributed by atoms with Crippen LogP contribution in [0.15, 0.2) is 0 Å². The number of carbonyl (C=O) groups excluding carboxylic acids is 3. The Morgan fingerprint density at radius 3 is 0.625 bits per heavy atom. The molecular formula is C9F12O3. The highest BCUT2D eigenvalue weighted by Gasteiger charge is 3.04. The first-order chi connectivity index (χ1) is 10.3. The fourth-order valence-electron chi connectivity index (χ4n) is 2.04. The van der Waals surface area contributed by atoms with Crippen molar-refractivity contribution in [1.82, 2.24) is 0 Å². The molecule has 1 aliphatic rings. The van der Waals surface area contributed by atoms with Crippen LogP contribution in [0.25, 0.3) is 0 Å². The molecule has 1 rings (SSSR count). The number of carbonyl (C=O) groups is 3. The lowest BCUT2D eigenvalue weighted by molar-refractivity contribution is -0.406. The molecule has 0 N–H and O–H groups in total. The monoisotopic (exact) mass is 384 g/mol. The minimum atomic E-state index is -7.60. The predicted molar refractivity (Wildman–Crippen MR) is 44.7 cm³/mol. The first kappa shape index (κ1) is 20.2. The Morgan fingerprint density at radius 1 is 0.417 bits per heavy atom. The molecule has 0 spiro atoms. The third-order valence-electron chi connectivity index (χ3n) is 3.41. The third kappa shape index (κ3) is 1.51. The molecule has 0 aromatic heterocycles. The van der Waals surface area contributed by atoms with Crippen molar-refractivity contribution in [3.8, 4) is 0 Å². The van der Waals surface area contributed by atoms with Gasteiger partial charge in [0.1, 0.15) is 0 Å². The summed E-state index contributed by atoms with van der Waals surface area (Å²) in [6.07, 6.45) is 0. The van der Waals surface area contributed by atoms with Crippen molar-refractivity contribution in [2.45, 2.75) is 34.8 Å². The Bertz CT molecular complexity index is 522. The van der Waals surface area contributed by atoms with Crippen molar-refractivity contribution in [2.75, 3.05) is 0 Å². The fourth-order valence-corrected chi connectivity index (χ4v) is 2.04. The zero-order chi connectivity index (χ0) is 19.7. The standard InChI is InChI=1S/C9F12O3/c10-1(22)4(13)7(16,17)5(14,2(11)23)9(20,21)6(15,3(12)24)8(4,18)19. The molecule has 0 bridgehead atoms. The number of rotatable bonds is 3. The molecule has 1 saturated carbocycles. The van der Waals surface area contributed by atoms with Gasteiger partial charge in [0.15, 0.2) is 0 Å². The highest BCUT2D eigenvalue weighted by atomic mass is 19.3. The minimum absolute atomic E-state index is 4.78. The van der Waals surface area contributed by atoms with E-state index in [4.69, 9.17) is 0 Å². The van der Waals surface area contributed by atoms with E-state index >= 15 is 0 Å². The van der Waals surface area contributed by atoms with Crippen LogP contribution in [0.2, 0.25) is 0 Å². The maximum Gasteiger partial charge on any atom is 0.351 e.